The molecular formula is C6H8BrN3O2S. The molecule has 0 bridgehead atoms. The molecule has 72 valence electrons. The molecule has 0 saturated carbocycles. The van der Waals surface area contributed by atoms with Crippen molar-refractivity contribution in [3.63, 3.8) is 0 Å². The fourth-order valence-corrected chi connectivity index (χ4v) is 1.81. The van der Waals surface area contributed by atoms with Crippen LogP contribution in [0, 0.1) is 0 Å². The van der Waals surface area contributed by atoms with Crippen LogP contribution in [-0.4, -0.2) is 24.6 Å². The Labute approximate surface area is 84.4 Å². The van der Waals surface area contributed by atoms with Crippen LogP contribution >= 0.6 is 15.9 Å². The molecular weight excluding hydrogens is 258 g/mol. The number of hydrogen-bond donors (Lipinski definition) is 1. The molecule has 0 aliphatic rings. The van der Waals surface area contributed by atoms with Gasteiger partial charge >= 0.3 is 0 Å². The molecule has 1 heterocycles. The summed E-state index contributed by atoms with van der Waals surface area (Å²) < 4.78 is 22.6. The second kappa shape index (κ2) is 3.69. The lowest BCUT2D eigenvalue weighted by atomic mass is 10.4. The summed E-state index contributed by atoms with van der Waals surface area (Å²) in [7, 11) is -3.37. The summed E-state index contributed by atoms with van der Waals surface area (Å²) in [5.41, 5.74) is 5.81. The summed E-state index contributed by atoms with van der Waals surface area (Å²) in [5.74, 6) is 0. The quantitative estimate of drug-likeness (QED) is 0.606. The highest BCUT2D eigenvalue weighted by Gasteiger charge is 2.12. The van der Waals surface area contributed by atoms with Gasteiger partial charge in [-0.2, -0.15) is 0 Å². The Morgan fingerprint density at radius 3 is 2.62 bits per heavy atom. The second-order valence-electron chi connectivity index (χ2n) is 2.44. The van der Waals surface area contributed by atoms with Gasteiger partial charge in [-0.05, 0) is 22.0 Å². The average molecular weight is 266 g/mol. The highest BCUT2D eigenvalue weighted by atomic mass is 79.9. The molecule has 1 aromatic rings. The predicted molar refractivity (Wildman–Crippen MR) is 50.7 cm³/mol. The van der Waals surface area contributed by atoms with Crippen LogP contribution in [0.2, 0.25) is 0 Å². The van der Waals surface area contributed by atoms with E-state index in [4.69, 9.17) is 5.73 Å². The van der Waals surface area contributed by atoms with Crippen molar-refractivity contribution in [1.82, 2.24) is 9.97 Å². The number of nitrogens with two attached hydrogens (primary N) is 1. The molecule has 2 N–H and O–H groups in total. The zero-order valence-corrected chi connectivity index (χ0v) is 9.26. The molecule has 13 heavy (non-hydrogen) atoms. The van der Waals surface area contributed by atoms with E-state index < -0.39 is 9.84 Å². The Balaban J connectivity index is 3.33. The van der Waals surface area contributed by atoms with Gasteiger partial charge in [0, 0.05) is 12.8 Å². The monoisotopic (exact) mass is 265 g/mol. The molecule has 5 nitrogen and oxygen atoms in total. The van der Waals surface area contributed by atoms with Gasteiger partial charge in [0.25, 0.3) is 0 Å². The molecule has 0 aromatic carbocycles. The first-order valence-corrected chi connectivity index (χ1v) is 6.05. The van der Waals surface area contributed by atoms with Gasteiger partial charge in [0.2, 0.25) is 15.0 Å². The van der Waals surface area contributed by atoms with Gasteiger partial charge in [-0.3, -0.25) is 0 Å². The first-order valence-electron chi connectivity index (χ1n) is 3.37. The van der Waals surface area contributed by atoms with Crippen LogP contribution in [0.5, 0.6) is 0 Å². The minimum absolute atomic E-state index is 0.184. The standard InChI is InChI=1S/C6H8BrN3O2S/c1-13(11,12)6-9-4(3-8)2-5(7)10-6/h2H,3,8H2,1H3. The summed E-state index contributed by atoms with van der Waals surface area (Å²) in [6, 6.07) is 1.58. The predicted octanol–water partition coefficient (Wildman–Crippen LogP) is 0.101. The molecule has 0 aliphatic carbocycles. The van der Waals surface area contributed by atoms with E-state index in [0.717, 1.165) is 6.26 Å². The first-order chi connectivity index (χ1) is 5.93. The summed E-state index contributed by atoms with van der Waals surface area (Å²) in [5, 5.41) is -0.206. The number of nitrogens with zero attached hydrogens (tertiary/aromatic N) is 2. The summed E-state index contributed by atoms with van der Waals surface area (Å²) in [6.07, 6.45) is 1.05. The van der Waals surface area contributed by atoms with Crippen LogP contribution in [-0.2, 0) is 16.4 Å². The van der Waals surface area contributed by atoms with Crippen LogP contribution in [0.15, 0.2) is 15.8 Å². The van der Waals surface area contributed by atoms with E-state index in [0.29, 0.717) is 10.3 Å². The Morgan fingerprint density at radius 2 is 2.15 bits per heavy atom. The molecule has 1 rings (SSSR count). The van der Waals surface area contributed by atoms with Crippen molar-refractivity contribution in [2.45, 2.75) is 11.7 Å². The lowest BCUT2D eigenvalue weighted by Gasteiger charge is -2.00. The molecule has 0 fully saturated rings. The van der Waals surface area contributed by atoms with Gasteiger partial charge in [-0.15, -0.1) is 0 Å². The van der Waals surface area contributed by atoms with Crippen LogP contribution in [0.1, 0.15) is 5.69 Å². The van der Waals surface area contributed by atoms with E-state index in [9.17, 15) is 8.42 Å². The third kappa shape index (κ3) is 2.71. The zero-order valence-electron chi connectivity index (χ0n) is 6.86. The van der Waals surface area contributed by atoms with E-state index in [1.807, 2.05) is 0 Å². The lowest BCUT2D eigenvalue weighted by Crippen LogP contribution is -2.08. The molecule has 0 aliphatic heterocycles. The highest BCUT2D eigenvalue weighted by Crippen LogP contribution is 2.11. The maximum atomic E-state index is 11.1. The Bertz CT molecular complexity index is 418. The van der Waals surface area contributed by atoms with E-state index >= 15 is 0 Å². The van der Waals surface area contributed by atoms with Crippen LogP contribution in [0.4, 0.5) is 0 Å². The molecule has 0 spiro atoms. The normalized spacial score (nSPS) is 11.6. The van der Waals surface area contributed by atoms with Gasteiger partial charge in [0.15, 0.2) is 0 Å². The fourth-order valence-electron chi connectivity index (χ4n) is 0.712. The van der Waals surface area contributed by atoms with Crippen LogP contribution < -0.4 is 5.73 Å². The van der Waals surface area contributed by atoms with Crippen molar-refractivity contribution in [2.24, 2.45) is 5.73 Å². The molecule has 0 radical (unpaired) electrons. The van der Waals surface area contributed by atoms with Crippen molar-refractivity contribution in [3.8, 4) is 0 Å². The highest BCUT2D eigenvalue weighted by molar-refractivity contribution is 9.10. The van der Waals surface area contributed by atoms with Crippen molar-refractivity contribution >= 4 is 25.8 Å². The van der Waals surface area contributed by atoms with E-state index in [2.05, 4.69) is 25.9 Å². The summed E-state index contributed by atoms with van der Waals surface area (Å²) >= 11 is 3.08. The number of hydrogen-bond acceptors (Lipinski definition) is 5. The fraction of sp³-hybridized carbons (Fsp3) is 0.333. The summed E-state index contributed by atoms with van der Waals surface area (Å²) in [6.45, 7) is 0.184. The van der Waals surface area contributed by atoms with E-state index in [-0.39, 0.29) is 11.7 Å². The molecule has 0 unspecified atom stereocenters. The van der Waals surface area contributed by atoms with Gasteiger partial charge in [0.1, 0.15) is 4.60 Å². The van der Waals surface area contributed by atoms with Crippen molar-refractivity contribution in [3.05, 3.63) is 16.4 Å². The minimum atomic E-state index is -3.37. The number of rotatable bonds is 2. The zero-order chi connectivity index (χ0) is 10.1. The SMILES string of the molecule is CS(=O)(=O)c1nc(Br)cc(CN)n1. The van der Waals surface area contributed by atoms with Crippen molar-refractivity contribution < 1.29 is 8.42 Å². The van der Waals surface area contributed by atoms with E-state index in [1.165, 1.54) is 0 Å². The number of sulfone groups is 1. The van der Waals surface area contributed by atoms with Gasteiger partial charge < -0.3 is 5.73 Å². The number of aromatic nitrogens is 2. The summed E-state index contributed by atoms with van der Waals surface area (Å²) in [4.78, 5) is 7.48. The molecule has 7 heteroatoms. The topological polar surface area (TPSA) is 85.9 Å². The van der Waals surface area contributed by atoms with Gasteiger partial charge in [-0.25, -0.2) is 18.4 Å². The number of halogens is 1. The van der Waals surface area contributed by atoms with Crippen LogP contribution in [0.25, 0.3) is 0 Å². The Morgan fingerprint density at radius 1 is 1.54 bits per heavy atom. The Kier molecular flexibility index (Phi) is 2.99. The van der Waals surface area contributed by atoms with Crippen molar-refractivity contribution in [1.29, 1.82) is 0 Å². The molecule has 0 atom stereocenters. The maximum absolute atomic E-state index is 11.1. The van der Waals surface area contributed by atoms with Gasteiger partial charge in [-0.1, -0.05) is 0 Å². The largest absolute Gasteiger partial charge is 0.325 e. The van der Waals surface area contributed by atoms with Crippen molar-refractivity contribution in [2.75, 3.05) is 6.26 Å². The average Bonchev–Trinajstić information content (AvgIpc) is 2.01. The minimum Gasteiger partial charge on any atom is -0.325 e. The molecule has 0 saturated heterocycles. The third-order valence-electron chi connectivity index (χ3n) is 1.27. The lowest BCUT2D eigenvalue weighted by molar-refractivity contribution is 0.591. The van der Waals surface area contributed by atoms with Gasteiger partial charge in [0.05, 0.1) is 5.69 Å². The van der Waals surface area contributed by atoms with Crippen LogP contribution in [0.3, 0.4) is 0 Å². The third-order valence-corrected chi connectivity index (χ3v) is 2.52. The first kappa shape index (κ1) is 10.6. The second-order valence-corrected chi connectivity index (χ2v) is 5.16. The molecule has 1 aromatic heterocycles. The maximum Gasteiger partial charge on any atom is 0.248 e. The Hall–Kier alpha value is -0.530. The molecule has 0 amide bonds. The van der Waals surface area contributed by atoms with E-state index in [1.54, 1.807) is 6.07 Å². The smallest absolute Gasteiger partial charge is 0.248 e.